The van der Waals surface area contributed by atoms with E-state index in [0.29, 0.717) is 0 Å². The van der Waals surface area contributed by atoms with Crippen molar-refractivity contribution in [1.29, 1.82) is 0 Å². The lowest BCUT2D eigenvalue weighted by molar-refractivity contribution is 0.656. The molecule has 63 heavy (non-hydrogen) atoms. The molecule has 5 aliphatic rings. The summed E-state index contributed by atoms with van der Waals surface area (Å²) < 4.78 is 0. The molecule has 4 heterocycles. The smallest absolute Gasteiger partial charge is 0.182 e. The maximum atomic E-state index is 2.69. The summed E-state index contributed by atoms with van der Waals surface area (Å²) in [5.74, 6) is 0. The van der Waals surface area contributed by atoms with E-state index >= 15 is 0 Å². The van der Waals surface area contributed by atoms with E-state index in [-0.39, 0.29) is 5.41 Å². The van der Waals surface area contributed by atoms with Crippen molar-refractivity contribution in [3.8, 4) is 33.4 Å². The minimum atomic E-state index is -2.71. The summed E-state index contributed by atoms with van der Waals surface area (Å²) >= 11 is 1.93. The van der Waals surface area contributed by atoms with Crippen molar-refractivity contribution in [2.45, 2.75) is 48.3 Å². The number of fused-ring (bicyclic) bond motifs is 22. The van der Waals surface area contributed by atoms with Crippen LogP contribution in [0.1, 0.15) is 58.4 Å². The Morgan fingerprint density at radius 1 is 0.413 bits per heavy atom. The molecule has 3 heteroatoms. The maximum Gasteiger partial charge on any atom is 0.182 e. The Kier molecular flexibility index (Phi) is 7.00. The van der Waals surface area contributed by atoms with Gasteiger partial charge in [-0.05, 0) is 126 Å². The largest absolute Gasteiger partial charge is 0.309 e. The highest BCUT2D eigenvalue weighted by atomic mass is 32.2. The summed E-state index contributed by atoms with van der Waals surface area (Å²) in [6, 6.07) is 73.4. The first-order valence-corrected chi connectivity index (χ1v) is 25.2. The van der Waals surface area contributed by atoms with Gasteiger partial charge in [-0.1, -0.05) is 194 Å². The Bertz CT molecular complexity index is 3410. The molecule has 0 atom stereocenters. The van der Waals surface area contributed by atoms with Crippen LogP contribution in [0.2, 0.25) is 0 Å². The van der Waals surface area contributed by atoms with Crippen LogP contribution in [-0.2, 0) is 10.8 Å². The summed E-state index contributed by atoms with van der Waals surface area (Å²) in [7, 11) is -2.71. The van der Waals surface area contributed by atoms with Gasteiger partial charge in [-0.25, -0.2) is 0 Å². The highest BCUT2D eigenvalue weighted by Gasteiger charge is 2.56. The van der Waals surface area contributed by atoms with Gasteiger partial charge in [0.15, 0.2) is 8.07 Å². The van der Waals surface area contributed by atoms with E-state index in [1.807, 2.05) is 11.8 Å². The lowest BCUT2D eigenvalue weighted by atomic mass is 9.61. The molecule has 0 unspecified atom stereocenters. The van der Waals surface area contributed by atoms with Crippen molar-refractivity contribution in [3.63, 3.8) is 0 Å². The molecule has 9 aromatic carbocycles. The van der Waals surface area contributed by atoms with Gasteiger partial charge in [-0.15, -0.1) is 0 Å². The topological polar surface area (TPSA) is 3.24 Å². The Morgan fingerprint density at radius 3 is 1.54 bits per heavy atom. The molecule has 298 valence electrons. The standard InChI is InChI=1S/C60H43NSSi/c1-36-25-31-51-48(33-36)60(49-34-37(2)26-32-52(49)62-51)45-20-10-11-21-50(45)61(58-47(60)30-29-46-57(58)43-18-5-9-19-44(43)59(46,3)4)38-27-28-42-41-17-8-14-24-55(41)63(56(42)35-38)53-22-12-6-15-39(53)40-16-7-13-23-54(40)63/h5-35H,1-4H3. The number of rotatable bonds is 1. The zero-order valence-corrected chi connectivity index (χ0v) is 37.6. The van der Waals surface area contributed by atoms with Crippen LogP contribution >= 0.6 is 11.8 Å². The predicted octanol–water partition coefficient (Wildman–Crippen LogP) is 12.6. The average Bonchev–Trinajstić information content (AvgIpc) is 3.87. The van der Waals surface area contributed by atoms with Crippen LogP contribution in [0, 0.1) is 13.8 Å². The number of para-hydroxylation sites is 1. The zero-order chi connectivity index (χ0) is 42.0. The highest BCUT2D eigenvalue weighted by Crippen LogP contribution is 2.66. The van der Waals surface area contributed by atoms with Crippen molar-refractivity contribution < 1.29 is 0 Å². The van der Waals surface area contributed by atoms with Crippen LogP contribution in [0.4, 0.5) is 17.1 Å². The van der Waals surface area contributed by atoms with Crippen molar-refractivity contribution in [3.05, 3.63) is 233 Å². The average molecular weight is 838 g/mol. The maximum absolute atomic E-state index is 2.71. The van der Waals surface area contributed by atoms with Gasteiger partial charge in [0.2, 0.25) is 0 Å². The van der Waals surface area contributed by atoms with E-state index in [0.717, 1.165) is 0 Å². The van der Waals surface area contributed by atoms with E-state index in [4.69, 9.17) is 0 Å². The molecule has 14 rings (SSSR count). The molecule has 1 aliphatic carbocycles. The second-order valence-electron chi connectivity index (χ2n) is 18.9. The van der Waals surface area contributed by atoms with Crippen molar-refractivity contribution in [1.82, 2.24) is 0 Å². The van der Waals surface area contributed by atoms with Crippen LogP contribution in [0.15, 0.2) is 198 Å². The number of benzene rings is 9. The molecule has 0 N–H and O–H groups in total. The minimum absolute atomic E-state index is 0.171. The molecule has 0 aromatic heterocycles. The third kappa shape index (κ3) is 4.26. The predicted molar refractivity (Wildman–Crippen MR) is 266 cm³/mol. The van der Waals surface area contributed by atoms with Crippen molar-refractivity contribution in [2.24, 2.45) is 0 Å². The second-order valence-corrected chi connectivity index (χ2v) is 23.6. The third-order valence-corrected chi connectivity index (χ3v) is 21.5. The molecule has 0 saturated heterocycles. The van der Waals surface area contributed by atoms with E-state index < -0.39 is 13.5 Å². The normalized spacial score (nSPS) is 16.2. The van der Waals surface area contributed by atoms with Gasteiger partial charge >= 0.3 is 0 Å². The number of hydrogen-bond acceptors (Lipinski definition) is 2. The van der Waals surface area contributed by atoms with Crippen molar-refractivity contribution in [2.75, 3.05) is 4.90 Å². The summed E-state index contributed by atoms with van der Waals surface area (Å²) in [6.07, 6.45) is 0. The molecular formula is C60H43NSSi. The Hall–Kier alpha value is -6.65. The zero-order valence-electron chi connectivity index (χ0n) is 35.8. The monoisotopic (exact) mass is 837 g/mol. The number of aryl methyl sites for hydroxylation is 2. The SMILES string of the molecule is Cc1ccc2c(c1)C1(c3cc(C)ccc3S2)c2ccccc2N(c2ccc3c(c2)[Si]2(c4ccccc4-c4ccccc42)c2ccccc2-3)c2c1ccc1c2-c2ccccc2C1(C)C. The Labute approximate surface area is 374 Å². The first-order valence-electron chi connectivity index (χ1n) is 22.3. The molecule has 4 aliphatic heterocycles. The molecule has 0 radical (unpaired) electrons. The van der Waals surface area contributed by atoms with E-state index in [1.54, 1.807) is 0 Å². The second kappa shape index (κ2) is 12.3. The molecule has 0 saturated carbocycles. The van der Waals surface area contributed by atoms with Crippen LogP contribution < -0.4 is 25.6 Å². The summed E-state index contributed by atoms with van der Waals surface area (Å²) in [4.78, 5) is 5.35. The van der Waals surface area contributed by atoms with Crippen LogP contribution in [0.25, 0.3) is 33.4 Å². The minimum Gasteiger partial charge on any atom is -0.309 e. The van der Waals surface area contributed by atoms with Crippen LogP contribution in [0.5, 0.6) is 0 Å². The van der Waals surface area contributed by atoms with Gasteiger partial charge in [-0.3, -0.25) is 0 Å². The first kappa shape index (κ1) is 35.9. The molecule has 0 bridgehead atoms. The van der Waals surface area contributed by atoms with Crippen LogP contribution in [-0.4, -0.2) is 8.07 Å². The highest BCUT2D eigenvalue weighted by molar-refractivity contribution is 7.99. The summed E-state index contributed by atoms with van der Waals surface area (Å²) in [5.41, 5.74) is 22.0. The van der Waals surface area contributed by atoms with E-state index in [9.17, 15) is 0 Å². The fraction of sp³-hybridized carbons (Fsp3) is 0.100. The number of nitrogens with zero attached hydrogens (tertiary/aromatic N) is 1. The van der Waals surface area contributed by atoms with Gasteiger partial charge in [-0.2, -0.15) is 0 Å². The lowest BCUT2D eigenvalue weighted by Crippen LogP contribution is -2.70. The number of hydrogen-bond donors (Lipinski definition) is 0. The van der Waals surface area contributed by atoms with Gasteiger partial charge in [0.05, 0.1) is 16.8 Å². The molecule has 1 nitrogen and oxygen atoms in total. The fourth-order valence-electron chi connectivity index (χ4n) is 12.9. The van der Waals surface area contributed by atoms with Gasteiger partial charge in [0.25, 0.3) is 0 Å². The Balaban J connectivity index is 1.14. The number of anilines is 3. The van der Waals surface area contributed by atoms with E-state index in [1.165, 1.54) is 125 Å². The quantitative estimate of drug-likeness (QED) is 0.152. The molecule has 0 amide bonds. The summed E-state index contributed by atoms with van der Waals surface area (Å²) in [6.45, 7) is 9.36. The van der Waals surface area contributed by atoms with Gasteiger partial charge < -0.3 is 4.90 Å². The first-order chi connectivity index (χ1) is 30.8. The van der Waals surface area contributed by atoms with Crippen LogP contribution in [0.3, 0.4) is 0 Å². The molecule has 0 fully saturated rings. The molecule has 2 spiro atoms. The van der Waals surface area contributed by atoms with Gasteiger partial charge in [0, 0.05) is 26.5 Å². The molecule has 9 aromatic rings. The lowest BCUT2D eigenvalue weighted by Gasteiger charge is -2.50. The third-order valence-electron chi connectivity index (χ3n) is 15.4. The van der Waals surface area contributed by atoms with Gasteiger partial charge in [0.1, 0.15) is 0 Å². The molecular weight excluding hydrogens is 795 g/mol. The van der Waals surface area contributed by atoms with E-state index in [2.05, 4.69) is 221 Å². The summed E-state index contributed by atoms with van der Waals surface area (Å²) in [5, 5.41) is 6.00. The van der Waals surface area contributed by atoms with Crippen molar-refractivity contribution >= 4 is 57.6 Å². The fourth-order valence-corrected chi connectivity index (χ4v) is 19.7. The Morgan fingerprint density at radius 2 is 0.921 bits per heavy atom.